The molecule has 214 valence electrons. The Morgan fingerprint density at radius 2 is 1.82 bits per heavy atom. The van der Waals surface area contributed by atoms with E-state index in [9.17, 15) is 18.3 Å². The third-order valence-electron chi connectivity index (χ3n) is 6.76. The molecule has 2 aliphatic rings. The Morgan fingerprint density at radius 1 is 1.12 bits per heavy atom. The number of morpholine rings is 1. The van der Waals surface area contributed by atoms with Crippen molar-refractivity contribution in [1.82, 2.24) is 9.21 Å². The number of methoxy groups -OCH3 is 1. The highest BCUT2D eigenvalue weighted by Crippen LogP contribution is 2.32. The largest absolute Gasteiger partial charge is 0.497 e. The normalized spacial score (nSPS) is 19.4. The summed E-state index contributed by atoms with van der Waals surface area (Å²) >= 11 is 0. The molecular weight excluding hydrogens is 536 g/mol. The fourth-order valence-corrected chi connectivity index (χ4v) is 5.95. The summed E-state index contributed by atoms with van der Waals surface area (Å²) in [6.07, 6.45) is 6.92. The second-order valence-corrected chi connectivity index (χ2v) is 11.2. The molecule has 2 atom stereocenters. The molecule has 0 bridgehead atoms. The third kappa shape index (κ3) is 7.21. The number of rotatable bonds is 11. The topological polar surface area (TPSA) is 115 Å². The highest BCUT2D eigenvalue weighted by molar-refractivity contribution is 7.89. The Hall–Kier alpha value is -3.40. The summed E-state index contributed by atoms with van der Waals surface area (Å²) < 4.78 is 50.0. The molecule has 0 unspecified atom stereocenters. The van der Waals surface area contributed by atoms with Crippen LogP contribution in [0.25, 0.3) is 0 Å². The van der Waals surface area contributed by atoms with E-state index in [1.165, 1.54) is 19.2 Å². The number of aliphatic hydroxyl groups is 1. The molecule has 2 heterocycles. The first-order valence-electron chi connectivity index (χ1n) is 13.0. The first-order chi connectivity index (χ1) is 19.3. The molecule has 4 rings (SSSR count). The predicted molar refractivity (Wildman–Crippen MR) is 147 cm³/mol. The van der Waals surface area contributed by atoms with Gasteiger partial charge >= 0.3 is 0 Å². The fourth-order valence-electron chi connectivity index (χ4n) is 4.54. The van der Waals surface area contributed by atoms with E-state index in [4.69, 9.17) is 25.4 Å². The maximum atomic E-state index is 13.2. The molecule has 0 saturated carbocycles. The number of carbonyl (C=O) groups is 1. The van der Waals surface area contributed by atoms with Crippen LogP contribution in [0.2, 0.25) is 0 Å². The van der Waals surface area contributed by atoms with Gasteiger partial charge in [0, 0.05) is 44.1 Å². The summed E-state index contributed by atoms with van der Waals surface area (Å²) in [6, 6.07) is 13.5. The van der Waals surface area contributed by atoms with E-state index in [1.54, 1.807) is 23.1 Å². The summed E-state index contributed by atoms with van der Waals surface area (Å²) in [5.74, 6) is 2.89. The summed E-state index contributed by atoms with van der Waals surface area (Å²) in [5.41, 5.74) is 1.70. The molecule has 1 amide bonds. The number of aliphatic hydroxyl groups excluding tert-OH is 1. The number of amides is 1. The van der Waals surface area contributed by atoms with Gasteiger partial charge in [-0.1, -0.05) is 18.1 Å². The van der Waals surface area contributed by atoms with Gasteiger partial charge in [-0.25, -0.2) is 8.42 Å². The van der Waals surface area contributed by atoms with Crippen LogP contribution in [0, 0.1) is 12.3 Å². The van der Waals surface area contributed by atoms with E-state index in [0.717, 1.165) is 15.4 Å². The lowest BCUT2D eigenvalue weighted by molar-refractivity contribution is -0.155. The number of allylic oxidation sites excluding steroid dienone is 1. The van der Waals surface area contributed by atoms with Crippen molar-refractivity contribution in [3.8, 4) is 18.1 Å². The molecule has 0 aliphatic carbocycles. The maximum Gasteiger partial charge on any atom is 0.288 e. The Bertz CT molecular complexity index is 1310. The van der Waals surface area contributed by atoms with Gasteiger partial charge in [-0.3, -0.25) is 4.79 Å². The SMILES string of the molecule is C#Cc1ccc([C@H]2C=C(C(=O)N3CCOCC3)O[C@@H](OCCN(CCO)S(=O)(=O)c3ccc(OC)cc3)C2)cc1. The molecular formula is C29H34N2O8S. The Kier molecular flexibility index (Phi) is 10.2. The van der Waals surface area contributed by atoms with E-state index < -0.39 is 16.3 Å². The van der Waals surface area contributed by atoms with Crippen LogP contribution >= 0.6 is 0 Å². The van der Waals surface area contributed by atoms with Gasteiger partial charge in [0.15, 0.2) is 5.76 Å². The van der Waals surface area contributed by atoms with E-state index in [1.807, 2.05) is 24.3 Å². The molecule has 2 aromatic rings. The van der Waals surface area contributed by atoms with Gasteiger partial charge in [0.2, 0.25) is 16.3 Å². The van der Waals surface area contributed by atoms with Crippen molar-refractivity contribution in [3.05, 3.63) is 71.5 Å². The number of hydrogen-bond acceptors (Lipinski definition) is 8. The maximum absolute atomic E-state index is 13.2. The second-order valence-electron chi connectivity index (χ2n) is 9.27. The van der Waals surface area contributed by atoms with Crippen LogP contribution in [0.3, 0.4) is 0 Å². The van der Waals surface area contributed by atoms with Crippen molar-refractivity contribution in [2.45, 2.75) is 23.5 Å². The van der Waals surface area contributed by atoms with Gasteiger partial charge < -0.3 is 29.0 Å². The summed E-state index contributed by atoms with van der Waals surface area (Å²) in [6.45, 7) is 1.35. The highest BCUT2D eigenvalue weighted by Gasteiger charge is 2.32. The summed E-state index contributed by atoms with van der Waals surface area (Å²) in [7, 11) is -2.40. The number of carbonyl (C=O) groups excluding carboxylic acids is 1. The van der Waals surface area contributed by atoms with E-state index in [-0.39, 0.29) is 48.8 Å². The molecule has 2 aromatic carbocycles. The molecule has 0 radical (unpaired) electrons. The van der Waals surface area contributed by atoms with E-state index in [0.29, 0.717) is 38.5 Å². The Balaban J connectivity index is 1.47. The zero-order valence-corrected chi connectivity index (χ0v) is 23.2. The molecule has 11 heteroatoms. The number of ether oxygens (including phenoxy) is 4. The van der Waals surface area contributed by atoms with Crippen molar-refractivity contribution in [3.63, 3.8) is 0 Å². The Labute approximate surface area is 235 Å². The fraction of sp³-hybridized carbons (Fsp3) is 0.414. The molecule has 1 saturated heterocycles. The zero-order chi connectivity index (χ0) is 28.5. The smallest absolute Gasteiger partial charge is 0.288 e. The minimum Gasteiger partial charge on any atom is -0.497 e. The van der Waals surface area contributed by atoms with E-state index in [2.05, 4.69) is 5.92 Å². The number of sulfonamides is 1. The average Bonchev–Trinajstić information content (AvgIpc) is 3.00. The van der Waals surface area contributed by atoms with Crippen LogP contribution < -0.4 is 4.74 Å². The lowest BCUT2D eigenvalue weighted by Crippen LogP contribution is -2.43. The van der Waals surface area contributed by atoms with E-state index >= 15 is 0 Å². The molecule has 1 fully saturated rings. The predicted octanol–water partition coefficient (Wildman–Crippen LogP) is 1.95. The minimum atomic E-state index is -3.89. The monoisotopic (exact) mass is 570 g/mol. The number of terminal acetylenes is 1. The average molecular weight is 571 g/mol. The molecule has 2 aliphatic heterocycles. The van der Waals surface area contributed by atoms with Crippen LogP contribution in [-0.2, 0) is 29.0 Å². The summed E-state index contributed by atoms with van der Waals surface area (Å²) in [4.78, 5) is 15.0. The molecule has 0 aromatic heterocycles. The standard InChI is InChI=1S/C29H34N2O8S/c1-3-22-4-6-23(7-5-22)24-20-27(29(33)30-13-17-37-18-14-30)39-28(21-24)38-19-15-31(12-16-32)40(34,35)26-10-8-25(36-2)9-11-26/h1,4-11,20,24,28,32H,12-19,21H2,2H3/t24-,28+/m0/s1. The molecule has 40 heavy (non-hydrogen) atoms. The molecule has 10 nitrogen and oxygen atoms in total. The third-order valence-corrected chi connectivity index (χ3v) is 8.68. The lowest BCUT2D eigenvalue weighted by atomic mass is 9.92. The van der Waals surface area contributed by atoms with Crippen LogP contribution in [0.4, 0.5) is 0 Å². The highest BCUT2D eigenvalue weighted by atomic mass is 32.2. The van der Waals surface area contributed by atoms with Crippen molar-refractivity contribution in [2.75, 3.05) is 59.7 Å². The number of benzene rings is 2. The van der Waals surface area contributed by atoms with Gasteiger partial charge in [-0.05, 0) is 48.0 Å². The Morgan fingerprint density at radius 3 is 2.45 bits per heavy atom. The van der Waals surface area contributed by atoms with Crippen molar-refractivity contribution in [2.24, 2.45) is 0 Å². The minimum absolute atomic E-state index is 0.0121. The lowest BCUT2D eigenvalue weighted by Gasteiger charge is -2.33. The van der Waals surface area contributed by atoms with Crippen LogP contribution in [0.15, 0.2) is 65.3 Å². The van der Waals surface area contributed by atoms with Crippen molar-refractivity contribution < 1.29 is 37.3 Å². The first-order valence-corrected chi connectivity index (χ1v) is 14.5. The van der Waals surface area contributed by atoms with Crippen LogP contribution in [0.5, 0.6) is 5.75 Å². The van der Waals surface area contributed by atoms with Gasteiger partial charge in [0.1, 0.15) is 5.75 Å². The van der Waals surface area contributed by atoms with Gasteiger partial charge in [-0.15, -0.1) is 6.42 Å². The number of nitrogens with zero attached hydrogens (tertiary/aromatic N) is 2. The summed E-state index contributed by atoms with van der Waals surface area (Å²) in [5, 5.41) is 9.53. The quantitative estimate of drug-likeness (QED) is 0.408. The molecule has 0 spiro atoms. The zero-order valence-electron chi connectivity index (χ0n) is 22.4. The van der Waals surface area contributed by atoms with Crippen molar-refractivity contribution in [1.29, 1.82) is 0 Å². The van der Waals surface area contributed by atoms with Gasteiger partial charge in [0.25, 0.3) is 5.91 Å². The second kappa shape index (κ2) is 13.8. The number of hydrogen-bond donors (Lipinski definition) is 1. The van der Waals surface area contributed by atoms with Crippen LogP contribution in [0.1, 0.15) is 23.5 Å². The van der Waals surface area contributed by atoms with Crippen LogP contribution in [-0.4, -0.2) is 94.6 Å². The van der Waals surface area contributed by atoms with Gasteiger partial charge in [-0.2, -0.15) is 4.31 Å². The first kappa shape index (κ1) is 29.6. The van der Waals surface area contributed by atoms with Gasteiger partial charge in [0.05, 0.1) is 38.4 Å². The van der Waals surface area contributed by atoms with Crippen molar-refractivity contribution >= 4 is 15.9 Å². The molecule has 1 N–H and O–H groups in total.